The second kappa shape index (κ2) is 12.1. The van der Waals surface area contributed by atoms with Crippen molar-refractivity contribution in [2.45, 2.75) is 37.1 Å². The highest BCUT2D eigenvalue weighted by molar-refractivity contribution is 7.92. The van der Waals surface area contributed by atoms with Crippen molar-refractivity contribution in [3.63, 3.8) is 0 Å². The summed E-state index contributed by atoms with van der Waals surface area (Å²) in [5.41, 5.74) is 3.72. The van der Waals surface area contributed by atoms with Crippen molar-refractivity contribution < 1.29 is 27.8 Å². The van der Waals surface area contributed by atoms with Gasteiger partial charge < -0.3 is 19.9 Å². The molecule has 2 N–H and O–H groups in total. The van der Waals surface area contributed by atoms with Crippen LogP contribution in [0.4, 0.5) is 10.5 Å². The Hall–Kier alpha value is -3.60. The van der Waals surface area contributed by atoms with E-state index in [1.807, 2.05) is 18.2 Å². The molecule has 6 rings (SSSR count). The summed E-state index contributed by atoms with van der Waals surface area (Å²) in [4.78, 5) is 14.0. The fourth-order valence-corrected chi connectivity index (χ4v) is 6.99. The molecule has 1 unspecified atom stereocenters. The predicted molar refractivity (Wildman–Crippen MR) is 158 cm³/mol. The van der Waals surface area contributed by atoms with Crippen molar-refractivity contribution in [1.29, 1.82) is 0 Å². The maximum absolute atomic E-state index is 12.2. The molecule has 3 aliphatic heterocycles. The molecular weight excluding hydrogens is 542 g/mol. The first-order valence-electron chi connectivity index (χ1n) is 13.7. The molecule has 0 amide bonds. The number of sulfonamides is 1. The maximum atomic E-state index is 12.2. The van der Waals surface area contributed by atoms with E-state index in [2.05, 4.69) is 58.7 Å². The van der Waals surface area contributed by atoms with E-state index in [-0.39, 0.29) is 23.9 Å². The molecule has 9 nitrogen and oxygen atoms in total. The molecule has 41 heavy (non-hydrogen) atoms. The van der Waals surface area contributed by atoms with Crippen LogP contribution < -0.4 is 14.4 Å². The highest BCUT2D eigenvalue weighted by Gasteiger charge is 2.51. The highest BCUT2D eigenvalue weighted by atomic mass is 32.2. The smallest absolute Gasteiger partial charge is 0.496 e. The number of carboxylic acid groups (broad SMARTS) is 1. The van der Waals surface area contributed by atoms with E-state index in [0.29, 0.717) is 24.5 Å². The Morgan fingerprint density at radius 3 is 2.27 bits per heavy atom. The van der Waals surface area contributed by atoms with Crippen molar-refractivity contribution in [2.24, 2.45) is 5.92 Å². The first-order valence-corrected chi connectivity index (χ1v) is 15.6. The molecule has 3 fully saturated rings. The average molecular weight is 580 g/mol. The van der Waals surface area contributed by atoms with Crippen LogP contribution in [-0.2, 0) is 21.3 Å². The van der Waals surface area contributed by atoms with Gasteiger partial charge in [0, 0.05) is 49.6 Å². The first-order chi connectivity index (χ1) is 19.7. The molecule has 10 heteroatoms. The number of hydrogen-bond acceptors (Lipinski definition) is 7. The summed E-state index contributed by atoms with van der Waals surface area (Å²) < 4.78 is 36.7. The lowest BCUT2D eigenvalue weighted by Crippen LogP contribution is -2.69. The van der Waals surface area contributed by atoms with Gasteiger partial charge in [-0.05, 0) is 42.3 Å². The minimum atomic E-state index is -3.44. The number of hydrogen-bond donors (Lipinski definition) is 2. The van der Waals surface area contributed by atoms with Crippen LogP contribution in [0.3, 0.4) is 0 Å². The molecule has 3 aromatic carbocycles. The number of benzene rings is 3. The van der Waals surface area contributed by atoms with E-state index in [9.17, 15) is 18.3 Å². The zero-order valence-corrected chi connectivity index (χ0v) is 24.3. The Kier molecular flexibility index (Phi) is 8.53. The molecular formula is C31H37N3O6S. The number of nitrogens with one attached hydrogen (secondary N) is 1. The second-order valence-corrected chi connectivity index (χ2v) is 12.8. The maximum Gasteiger partial charge on any atom is 0.506 e. The molecule has 0 spiro atoms. The van der Waals surface area contributed by atoms with Crippen molar-refractivity contribution >= 4 is 21.9 Å². The molecule has 0 saturated carbocycles. The zero-order chi connectivity index (χ0) is 29.1. The van der Waals surface area contributed by atoms with Crippen LogP contribution in [0.15, 0.2) is 78.9 Å². The topological polar surface area (TPSA) is 108 Å². The van der Waals surface area contributed by atoms with Gasteiger partial charge >= 0.3 is 6.16 Å². The molecule has 3 aliphatic rings. The van der Waals surface area contributed by atoms with Gasteiger partial charge in [0.1, 0.15) is 11.9 Å². The summed E-state index contributed by atoms with van der Waals surface area (Å²) in [6.45, 7) is 1.78. The SMILES string of the molecule is COc1ccc(N(C)S(C)(=O)=O)cc1CN[C@H]1[C@@H]2CCN(C[C@@H]2OC(=O)O)[C@H]1C(c1ccccc1)c1ccccc1. The van der Waals surface area contributed by atoms with E-state index >= 15 is 0 Å². The molecule has 3 heterocycles. The second-order valence-electron chi connectivity index (χ2n) is 10.8. The molecule has 218 valence electrons. The third kappa shape index (κ3) is 6.19. The molecule has 5 atom stereocenters. The van der Waals surface area contributed by atoms with Gasteiger partial charge in [-0.3, -0.25) is 9.21 Å². The Balaban J connectivity index is 1.53. The Morgan fingerprint density at radius 2 is 1.71 bits per heavy atom. The Bertz CT molecular complexity index is 1410. The number of anilines is 1. The van der Waals surface area contributed by atoms with Crippen LogP contribution >= 0.6 is 0 Å². The first kappa shape index (κ1) is 28.9. The van der Waals surface area contributed by atoms with Crippen LogP contribution in [0.5, 0.6) is 5.75 Å². The minimum absolute atomic E-state index is 0.0278. The van der Waals surface area contributed by atoms with Gasteiger partial charge in [-0.1, -0.05) is 60.7 Å². The number of methoxy groups -OCH3 is 1. The summed E-state index contributed by atoms with van der Waals surface area (Å²) >= 11 is 0. The molecule has 3 saturated heterocycles. The third-order valence-electron chi connectivity index (χ3n) is 8.46. The molecule has 2 bridgehead atoms. The summed E-state index contributed by atoms with van der Waals surface area (Å²) in [6.07, 6.45) is 0.255. The largest absolute Gasteiger partial charge is 0.506 e. The number of nitrogens with zero attached hydrogens (tertiary/aromatic N) is 2. The number of ether oxygens (including phenoxy) is 2. The van der Waals surface area contributed by atoms with Crippen LogP contribution in [0.25, 0.3) is 0 Å². The molecule has 0 radical (unpaired) electrons. The predicted octanol–water partition coefficient (Wildman–Crippen LogP) is 4.15. The fraction of sp³-hybridized carbons (Fsp3) is 0.387. The number of rotatable bonds is 10. The van der Waals surface area contributed by atoms with Gasteiger partial charge in [0.05, 0.1) is 19.1 Å². The summed E-state index contributed by atoms with van der Waals surface area (Å²) in [5.74, 6) is 0.638. The highest BCUT2D eigenvalue weighted by Crippen LogP contribution is 2.43. The minimum Gasteiger partial charge on any atom is -0.496 e. The van der Waals surface area contributed by atoms with Crippen LogP contribution in [0.1, 0.15) is 29.0 Å². The van der Waals surface area contributed by atoms with Gasteiger partial charge in [-0.15, -0.1) is 0 Å². The van der Waals surface area contributed by atoms with Gasteiger partial charge in [0.15, 0.2) is 0 Å². The Labute approximate surface area is 241 Å². The normalized spacial score (nSPS) is 23.8. The summed E-state index contributed by atoms with van der Waals surface area (Å²) in [5, 5.41) is 13.3. The quantitative estimate of drug-likeness (QED) is 0.345. The molecule has 3 aromatic rings. The van der Waals surface area contributed by atoms with Crippen LogP contribution in [0.2, 0.25) is 0 Å². The third-order valence-corrected chi connectivity index (χ3v) is 9.66. The number of fused-ring (bicyclic) bond motifs is 3. The lowest BCUT2D eigenvalue weighted by molar-refractivity contribution is -0.0951. The lowest BCUT2D eigenvalue weighted by atomic mass is 9.69. The monoisotopic (exact) mass is 579 g/mol. The summed E-state index contributed by atoms with van der Waals surface area (Å²) in [7, 11) is -0.327. The Morgan fingerprint density at radius 1 is 1.07 bits per heavy atom. The lowest BCUT2D eigenvalue weighted by Gasteiger charge is -2.56. The zero-order valence-electron chi connectivity index (χ0n) is 23.5. The fourth-order valence-electron chi connectivity index (χ4n) is 6.49. The number of carbonyl (C=O) groups is 1. The van der Waals surface area contributed by atoms with E-state index in [4.69, 9.17) is 9.47 Å². The molecule has 0 aliphatic carbocycles. The van der Waals surface area contributed by atoms with Gasteiger partial charge in [-0.2, -0.15) is 0 Å². The van der Waals surface area contributed by atoms with Crippen LogP contribution in [0, 0.1) is 5.92 Å². The van der Waals surface area contributed by atoms with Gasteiger partial charge in [0.2, 0.25) is 10.0 Å². The van der Waals surface area contributed by atoms with Crippen molar-refractivity contribution in [2.75, 3.05) is 37.8 Å². The standard InChI is InChI=1S/C31H37N3O6S/c1-33(41(3,37)38)24-14-15-26(39-2)23(18-24)19-32-29-25-16-17-34(20-27(25)40-31(35)36)30(29)28(21-10-6-4-7-11-21)22-12-8-5-9-13-22/h4-15,18,25,27-30,32H,16-17,19-20H2,1-3H3,(H,35,36)/t25-,27+,29+,30+/m1/s1. The average Bonchev–Trinajstić information content (AvgIpc) is 2.97. The van der Waals surface area contributed by atoms with E-state index in [1.165, 1.54) is 28.7 Å². The van der Waals surface area contributed by atoms with E-state index in [1.54, 1.807) is 19.2 Å². The van der Waals surface area contributed by atoms with Crippen molar-refractivity contribution in [3.05, 3.63) is 95.6 Å². The van der Waals surface area contributed by atoms with Crippen molar-refractivity contribution in [3.8, 4) is 5.75 Å². The molecule has 0 aromatic heterocycles. The number of piperidine rings is 3. The van der Waals surface area contributed by atoms with Crippen molar-refractivity contribution in [1.82, 2.24) is 10.2 Å². The van der Waals surface area contributed by atoms with Gasteiger partial charge in [0.25, 0.3) is 0 Å². The van der Waals surface area contributed by atoms with E-state index < -0.39 is 22.3 Å². The van der Waals surface area contributed by atoms with E-state index in [0.717, 1.165) is 18.5 Å². The summed E-state index contributed by atoms with van der Waals surface area (Å²) in [6, 6.07) is 26.0. The van der Waals surface area contributed by atoms with Gasteiger partial charge in [-0.25, -0.2) is 13.2 Å². The van der Waals surface area contributed by atoms with Crippen LogP contribution in [-0.4, -0.2) is 76.3 Å².